The number of hydrogen-bond acceptors (Lipinski definition) is 2. The summed E-state index contributed by atoms with van der Waals surface area (Å²) in [5.74, 6) is -0.354. The van der Waals surface area contributed by atoms with E-state index in [1.54, 1.807) is 12.1 Å². The van der Waals surface area contributed by atoms with Gasteiger partial charge in [0.15, 0.2) is 5.78 Å². The van der Waals surface area contributed by atoms with Crippen LogP contribution in [0.5, 0.6) is 0 Å². The molecule has 80 valence electrons. The third kappa shape index (κ3) is 3.20. The third-order valence-corrected chi connectivity index (χ3v) is 1.97. The van der Waals surface area contributed by atoms with Gasteiger partial charge in [-0.3, -0.25) is 4.79 Å². The summed E-state index contributed by atoms with van der Waals surface area (Å²) in [4.78, 5) is 12.7. The lowest BCUT2D eigenvalue weighted by molar-refractivity contribution is -0.112. The van der Waals surface area contributed by atoms with Crippen LogP contribution in [0.15, 0.2) is 24.3 Å². The van der Waals surface area contributed by atoms with E-state index in [2.05, 4.69) is 0 Å². The second-order valence-corrected chi connectivity index (χ2v) is 3.54. The topological polar surface area (TPSA) is 20.3 Å². The first-order valence-electron chi connectivity index (χ1n) is 4.66. The van der Waals surface area contributed by atoms with Crippen LogP contribution in [0.3, 0.4) is 0 Å². The molecule has 3 heteroatoms. The van der Waals surface area contributed by atoms with E-state index in [0.717, 1.165) is 5.69 Å². The van der Waals surface area contributed by atoms with Crippen molar-refractivity contribution in [1.82, 2.24) is 0 Å². The van der Waals surface area contributed by atoms with Crippen LogP contribution in [0.4, 0.5) is 10.1 Å². The first kappa shape index (κ1) is 11.4. The number of anilines is 1. The fourth-order valence-corrected chi connectivity index (χ4v) is 1.27. The van der Waals surface area contributed by atoms with Gasteiger partial charge in [-0.05, 0) is 37.3 Å². The molecule has 0 bridgehead atoms. The van der Waals surface area contributed by atoms with Crippen molar-refractivity contribution in [3.05, 3.63) is 35.7 Å². The second-order valence-electron chi connectivity index (χ2n) is 3.54. The van der Waals surface area contributed by atoms with E-state index >= 15 is 0 Å². The average Bonchev–Trinajstić information content (AvgIpc) is 2.14. The van der Waals surface area contributed by atoms with Gasteiger partial charge in [0.2, 0.25) is 0 Å². The van der Waals surface area contributed by atoms with Crippen LogP contribution in [0.25, 0.3) is 6.08 Å². The van der Waals surface area contributed by atoms with Crippen LogP contribution in [0.1, 0.15) is 12.5 Å². The SMILES string of the molecule is CC(=O)/C=C/c1cc(F)ccc1N(C)C. The molecule has 0 unspecified atom stereocenters. The van der Waals surface area contributed by atoms with Crippen LogP contribution in [-0.2, 0) is 4.79 Å². The maximum atomic E-state index is 13.0. The molecule has 0 aliphatic carbocycles. The highest BCUT2D eigenvalue weighted by Gasteiger charge is 2.03. The summed E-state index contributed by atoms with van der Waals surface area (Å²) in [7, 11) is 3.75. The molecule has 0 N–H and O–H groups in total. The smallest absolute Gasteiger partial charge is 0.152 e. The fourth-order valence-electron chi connectivity index (χ4n) is 1.27. The normalized spacial score (nSPS) is 10.7. The van der Waals surface area contributed by atoms with E-state index in [1.165, 1.54) is 25.1 Å². The number of carbonyl (C=O) groups excluding carboxylic acids is 1. The number of carbonyl (C=O) groups is 1. The number of rotatable bonds is 3. The van der Waals surface area contributed by atoms with Crippen molar-refractivity contribution in [2.75, 3.05) is 19.0 Å². The Hall–Kier alpha value is -1.64. The zero-order valence-electron chi connectivity index (χ0n) is 9.12. The Labute approximate surface area is 89.0 Å². The highest BCUT2D eigenvalue weighted by molar-refractivity contribution is 5.92. The van der Waals surface area contributed by atoms with Gasteiger partial charge in [-0.1, -0.05) is 0 Å². The minimum atomic E-state index is -0.302. The molecule has 1 aromatic rings. The lowest BCUT2D eigenvalue weighted by Gasteiger charge is -2.15. The number of allylic oxidation sites excluding steroid dienone is 1. The molecule has 0 amide bonds. The summed E-state index contributed by atoms with van der Waals surface area (Å²) in [5.41, 5.74) is 1.59. The van der Waals surface area contributed by atoms with Gasteiger partial charge in [0, 0.05) is 25.3 Å². The fraction of sp³-hybridized carbons (Fsp3) is 0.250. The molecule has 2 nitrogen and oxygen atoms in total. The highest BCUT2D eigenvalue weighted by atomic mass is 19.1. The summed E-state index contributed by atoms with van der Waals surface area (Å²) in [6, 6.07) is 4.50. The van der Waals surface area contributed by atoms with Gasteiger partial charge in [-0.2, -0.15) is 0 Å². The molecule has 0 fully saturated rings. The first-order chi connectivity index (χ1) is 7.00. The average molecular weight is 207 g/mol. The Bertz CT molecular complexity index is 397. The summed E-state index contributed by atoms with van der Waals surface area (Å²) >= 11 is 0. The van der Waals surface area contributed by atoms with Gasteiger partial charge in [-0.15, -0.1) is 0 Å². The molecule has 0 heterocycles. The van der Waals surface area contributed by atoms with Crippen molar-refractivity contribution in [1.29, 1.82) is 0 Å². The van der Waals surface area contributed by atoms with E-state index in [4.69, 9.17) is 0 Å². The largest absolute Gasteiger partial charge is 0.377 e. The van der Waals surface area contributed by atoms with Crippen molar-refractivity contribution in [3.8, 4) is 0 Å². The molecular formula is C12H14FNO. The quantitative estimate of drug-likeness (QED) is 0.710. The Morgan fingerprint density at radius 2 is 2.07 bits per heavy atom. The predicted molar refractivity (Wildman–Crippen MR) is 60.4 cm³/mol. The third-order valence-electron chi connectivity index (χ3n) is 1.97. The zero-order valence-corrected chi connectivity index (χ0v) is 9.12. The predicted octanol–water partition coefficient (Wildman–Crippen LogP) is 2.49. The van der Waals surface area contributed by atoms with Crippen LogP contribution in [0, 0.1) is 5.82 Å². The lowest BCUT2D eigenvalue weighted by atomic mass is 10.1. The monoisotopic (exact) mass is 207 g/mol. The minimum absolute atomic E-state index is 0.0519. The maximum Gasteiger partial charge on any atom is 0.152 e. The first-order valence-corrected chi connectivity index (χ1v) is 4.66. The molecule has 0 saturated carbocycles. The molecular weight excluding hydrogens is 193 g/mol. The number of nitrogens with zero attached hydrogens (tertiary/aromatic N) is 1. The summed E-state index contributed by atoms with van der Waals surface area (Å²) in [6.45, 7) is 1.46. The Morgan fingerprint density at radius 1 is 1.40 bits per heavy atom. The van der Waals surface area contributed by atoms with E-state index in [0.29, 0.717) is 5.56 Å². The molecule has 0 atom stereocenters. The van der Waals surface area contributed by atoms with Crippen molar-refractivity contribution < 1.29 is 9.18 Å². The van der Waals surface area contributed by atoms with Gasteiger partial charge in [0.05, 0.1) is 0 Å². The van der Waals surface area contributed by atoms with Gasteiger partial charge >= 0.3 is 0 Å². The van der Waals surface area contributed by atoms with E-state index in [1.807, 2.05) is 19.0 Å². The number of ketones is 1. The van der Waals surface area contributed by atoms with E-state index in [9.17, 15) is 9.18 Å². The molecule has 0 spiro atoms. The van der Waals surface area contributed by atoms with Crippen LogP contribution in [0.2, 0.25) is 0 Å². The van der Waals surface area contributed by atoms with Crippen LogP contribution >= 0.6 is 0 Å². The van der Waals surface area contributed by atoms with E-state index < -0.39 is 0 Å². The van der Waals surface area contributed by atoms with Gasteiger partial charge < -0.3 is 4.90 Å². The standard InChI is InChI=1S/C12H14FNO/c1-9(15)4-5-10-8-11(13)6-7-12(10)14(2)3/h4-8H,1-3H3/b5-4+. The molecule has 0 aliphatic heterocycles. The highest BCUT2D eigenvalue weighted by Crippen LogP contribution is 2.20. The van der Waals surface area contributed by atoms with Crippen molar-refractivity contribution in [2.24, 2.45) is 0 Å². The molecule has 0 aromatic heterocycles. The number of hydrogen-bond donors (Lipinski definition) is 0. The zero-order chi connectivity index (χ0) is 11.4. The summed E-state index contributed by atoms with van der Waals surface area (Å²) in [6.07, 6.45) is 3.06. The van der Waals surface area contributed by atoms with Gasteiger partial charge in [0.25, 0.3) is 0 Å². The summed E-state index contributed by atoms with van der Waals surface area (Å²) < 4.78 is 13.0. The minimum Gasteiger partial charge on any atom is -0.377 e. The molecule has 0 radical (unpaired) electrons. The lowest BCUT2D eigenvalue weighted by Crippen LogP contribution is -2.10. The second kappa shape index (κ2) is 4.73. The Morgan fingerprint density at radius 3 is 2.60 bits per heavy atom. The number of benzene rings is 1. The Balaban J connectivity index is 3.13. The van der Waals surface area contributed by atoms with Crippen LogP contribution in [-0.4, -0.2) is 19.9 Å². The Kier molecular flexibility index (Phi) is 3.61. The maximum absolute atomic E-state index is 13.0. The van der Waals surface area contributed by atoms with E-state index in [-0.39, 0.29) is 11.6 Å². The molecule has 15 heavy (non-hydrogen) atoms. The van der Waals surface area contributed by atoms with Crippen molar-refractivity contribution in [3.63, 3.8) is 0 Å². The molecule has 1 rings (SSSR count). The molecule has 0 aliphatic rings. The number of halogens is 1. The van der Waals surface area contributed by atoms with Crippen molar-refractivity contribution >= 4 is 17.5 Å². The molecule has 0 saturated heterocycles. The van der Waals surface area contributed by atoms with Gasteiger partial charge in [0.1, 0.15) is 5.82 Å². The molecule has 1 aromatic carbocycles. The van der Waals surface area contributed by atoms with Gasteiger partial charge in [-0.25, -0.2) is 4.39 Å². The van der Waals surface area contributed by atoms with Crippen molar-refractivity contribution in [2.45, 2.75) is 6.92 Å². The summed E-state index contributed by atoms with van der Waals surface area (Å²) in [5, 5.41) is 0. The van der Waals surface area contributed by atoms with Crippen LogP contribution < -0.4 is 4.90 Å².